The van der Waals surface area contributed by atoms with Crippen LogP contribution in [0.15, 0.2) is 48.5 Å². The molecule has 0 heterocycles. The Bertz CT molecular complexity index is 732. The van der Waals surface area contributed by atoms with Crippen molar-refractivity contribution in [1.82, 2.24) is 5.32 Å². The second kappa shape index (κ2) is 10.3. The quantitative estimate of drug-likeness (QED) is 0.677. The van der Waals surface area contributed by atoms with Gasteiger partial charge in [-0.25, -0.2) is 4.39 Å². The largest absolute Gasteiger partial charge is 0.385 e. The Labute approximate surface area is 152 Å². The molecule has 5 nitrogen and oxygen atoms in total. The lowest BCUT2D eigenvalue weighted by atomic mass is 10.1. The molecule has 0 bridgehead atoms. The summed E-state index contributed by atoms with van der Waals surface area (Å²) in [4.78, 5) is 24.5. The topological polar surface area (TPSA) is 67.4 Å². The van der Waals surface area contributed by atoms with E-state index in [4.69, 9.17) is 4.74 Å². The van der Waals surface area contributed by atoms with Crippen LogP contribution < -0.4 is 10.6 Å². The van der Waals surface area contributed by atoms with Gasteiger partial charge in [0.25, 0.3) is 5.91 Å². The molecule has 2 aromatic carbocycles. The number of hydrogen-bond donors (Lipinski definition) is 2. The fourth-order valence-electron chi connectivity index (χ4n) is 2.43. The van der Waals surface area contributed by atoms with Gasteiger partial charge in [-0.2, -0.15) is 0 Å². The SMILES string of the molecule is COCCCNC(=O)c1ccccc1NC(=O)CCc1ccc(F)cc1. The summed E-state index contributed by atoms with van der Waals surface area (Å²) in [7, 11) is 1.61. The van der Waals surface area contributed by atoms with E-state index in [1.54, 1.807) is 43.5 Å². The molecule has 0 aliphatic rings. The Hall–Kier alpha value is -2.73. The summed E-state index contributed by atoms with van der Waals surface area (Å²) < 4.78 is 17.8. The van der Waals surface area contributed by atoms with Crippen LogP contribution in [-0.2, 0) is 16.0 Å². The highest BCUT2D eigenvalue weighted by atomic mass is 19.1. The first-order valence-corrected chi connectivity index (χ1v) is 8.50. The molecule has 0 unspecified atom stereocenters. The van der Waals surface area contributed by atoms with Gasteiger partial charge in [0.05, 0.1) is 11.3 Å². The number of carbonyl (C=O) groups is 2. The summed E-state index contributed by atoms with van der Waals surface area (Å²) in [6, 6.07) is 12.9. The molecule has 0 aliphatic carbocycles. The number of aryl methyl sites for hydroxylation is 1. The molecule has 0 fully saturated rings. The number of amides is 2. The van der Waals surface area contributed by atoms with Gasteiger partial charge < -0.3 is 15.4 Å². The maximum Gasteiger partial charge on any atom is 0.253 e. The third-order valence-electron chi connectivity index (χ3n) is 3.81. The Kier molecular flexibility index (Phi) is 7.76. The van der Waals surface area contributed by atoms with E-state index in [0.717, 1.165) is 5.56 Å². The van der Waals surface area contributed by atoms with Gasteiger partial charge in [-0.15, -0.1) is 0 Å². The second-order valence-electron chi connectivity index (χ2n) is 5.82. The molecular formula is C20H23FN2O3. The lowest BCUT2D eigenvalue weighted by Crippen LogP contribution is -2.26. The van der Waals surface area contributed by atoms with E-state index in [0.29, 0.717) is 37.2 Å². The van der Waals surface area contributed by atoms with Crippen LogP contribution in [0.4, 0.5) is 10.1 Å². The van der Waals surface area contributed by atoms with Crippen LogP contribution in [-0.4, -0.2) is 32.1 Å². The Balaban J connectivity index is 1.90. The fourth-order valence-corrected chi connectivity index (χ4v) is 2.43. The van der Waals surface area contributed by atoms with E-state index in [9.17, 15) is 14.0 Å². The molecular weight excluding hydrogens is 335 g/mol. The average Bonchev–Trinajstić information content (AvgIpc) is 2.65. The number of para-hydroxylation sites is 1. The average molecular weight is 358 g/mol. The Morgan fingerprint density at radius 3 is 2.54 bits per heavy atom. The Morgan fingerprint density at radius 2 is 1.81 bits per heavy atom. The number of rotatable bonds is 9. The summed E-state index contributed by atoms with van der Waals surface area (Å²) in [5.41, 5.74) is 1.77. The van der Waals surface area contributed by atoms with Crippen LogP contribution in [0.3, 0.4) is 0 Å². The van der Waals surface area contributed by atoms with Crippen molar-refractivity contribution in [2.24, 2.45) is 0 Å². The number of methoxy groups -OCH3 is 1. The molecule has 0 aliphatic heterocycles. The van der Waals surface area contributed by atoms with E-state index in [2.05, 4.69) is 10.6 Å². The summed E-state index contributed by atoms with van der Waals surface area (Å²) >= 11 is 0. The van der Waals surface area contributed by atoms with Crippen molar-refractivity contribution in [3.63, 3.8) is 0 Å². The van der Waals surface area contributed by atoms with Gasteiger partial charge >= 0.3 is 0 Å². The number of carbonyl (C=O) groups excluding carboxylic acids is 2. The summed E-state index contributed by atoms with van der Waals surface area (Å²) in [5, 5.41) is 5.58. The molecule has 2 N–H and O–H groups in total. The molecule has 0 saturated carbocycles. The van der Waals surface area contributed by atoms with Gasteiger partial charge in [-0.3, -0.25) is 9.59 Å². The van der Waals surface area contributed by atoms with Crippen LogP contribution in [0.5, 0.6) is 0 Å². The lowest BCUT2D eigenvalue weighted by molar-refractivity contribution is -0.116. The fraction of sp³-hybridized carbons (Fsp3) is 0.300. The van der Waals surface area contributed by atoms with E-state index >= 15 is 0 Å². The first-order chi connectivity index (χ1) is 12.6. The van der Waals surface area contributed by atoms with Crippen molar-refractivity contribution in [1.29, 1.82) is 0 Å². The third kappa shape index (κ3) is 6.29. The molecule has 2 amide bonds. The van der Waals surface area contributed by atoms with Crippen molar-refractivity contribution in [3.8, 4) is 0 Å². The highest BCUT2D eigenvalue weighted by molar-refractivity contribution is 6.03. The van der Waals surface area contributed by atoms with Gasteiger partial charge in [-0.1, -0.05) is 24.3 Å². The van der Waals surface area contributed by atoms with Gasteiger partial charge in [0.1, 0.15) is 5.82 Å². The van der Waals surface area contributed by atoms with Gasteiger partial charge in [-0.05, 0) is 42.7 Å². The summed E-state index contributed by atoms with van der Waals surface area (Å²) in [6.07, 6.45) is 1.46. The van der Waals surface area contributed by atoms with Crippen LogP contribution >= 0.6 is 0 Å². The van der Waals surface area contributed by atoms with Crippen molar-refractivity contribution in [2.75, 3.05) is 25.6 Å². The zero-order valence-corrected chi connectivity index (χ0v) is 14.8. The van der Waals surface area contributed by atoms with Crippen LogP contribution in [0.25, 0.3) is 0 Å². The zero-order chi connectivity index (χ0) is 18.8. The van der Waals surface area contributed by atoms with Crippen molar-refractivity contribution in [3.05, 3.63) is 65.5 Å². The minimum absolute atomic E-state index is 0.200. The molecule has 0 spiro atoms. The van der Waals surface area contributed by atoms with E-state index in [1.807, 2.05) is 0 Å². The van der Waals surface area contributed by atoms with E-state index in [1.165, 1.54) is 12.1 Å². The molecule has 0 atom stereocenters. The molecule has 0 saturated heterocycles. The second-order valence-corrected chi connectivity index (χ2v) is 5.82. The van der Waals surface area contributed by atoms with Crippen molar-refractivity contribution in [2.45, 2.75) is 19.3 Å². The summed E-state index contributed by atoms with van der Waals surface area (Å²) in [6.45, 7) is 1.07. The maximum atomic E-state index is 12.9. The number of anilines is 1. The predicted molar refractivity (Wildman–Crippen MR) is 98.6 cm³/mol. The van der Waals surface area contributed by atoms with Gasteiger partial charge in [0, 0.05) is 26.7 Å². The van der Waals surface area contributed by atoms with Crippen LogP contribution in [0.2, 0.25) is 0 Å². The molecule has 0 aromatic heterocycles. The molecule has 138 valence electrons. The molecule has 26 heavy (non-hydrogen) atoms. The first-order valence-electron chi connectivity index (χ1n) is 8.50. The smallest absolute Gasteiger partial charge is 0.253 e. The van der Waals surface area contributed by atoms with Gasteiger partial charge in [0.2, 0.25) is 5.91 Å². The zero-order valence-electron chi connectivity index (χ0n) is 14.8. The predicted octanol–water partition coefficient (Wildman–Crippen LogP) is 3.16. The lowest BCUT2D eigenvalue weighted by Gasteiger charge is -2.11. The maximum absolute atomic E-state index is 12.9. The van der Waals surface area contributed by atoms with Crippen LogP contribution in [0.1, 0.15) is 28.8 Å². The normalized spacial score (nSPS) is 10.4. The molecule has 6 heteroatoms. The van der Waals surface area contributed by atoms with Gasteiger partial charge in [0.15, 0.2) is 0 Å². The number of hydrogen-bond acceptors (Lipinski definition) is 3. The molecule has 2 rings (SSSR count). The monoisotopic (exact) mass is 358 g/mol. The number of halogens is 1. The van der Waals surface area contributed by atoms with Crippen molar-refractivity contribution >= 4 is 17.5 Å². The third-order valence-corrected chi connectivity index (χ3v) is 3.81. The highest BCUT2D eigenvalue weighted by Gasteiger charge is 2.12. The van der Waals surface area contributed by atoms with Crippen molar-refractivity contribution < 1.29 is 18.7 Å². The Morgan fingerprint density at radius 1 is 1.08 bits per heavy atom. The molecule has 0 radical (unpaired) electrons. The van der Waals surface area contributed by atoms with E-state index in [-0.39, 0.29) is 24.1 Å². The summed E-state index contributed by atoms with van der Waals surface area (Å²) in [5.74, 6) is -0.742. The van der Waals surface area contributed by atoms with Crippen LogP contribution in [0, 0.1) is 5.82 Å². The standard InChI is InChI=1S/C20H23FN2O3/c1-26-14-4-13-22-20(25)17-5-2-3-6-18(17)23-19(24)12-9-15-7-10-16(21)11-8-15/h2-3,5-8,10-11H,4,9,12-14H2,1H3,(H,22,25)(H,23,24). The minimum atomic E-state index is -0.302. The van der Waals surface area contributed by atoms with E-state index < -0.39 is 0 Å². The first kappa shape index (κ1) is 19.6. The highest BCUT2D eigenvalue weighted by Crippen LogP contribution is 2.16. The molecule has 2 aromatic rings. The number of nitrogens with one attached hydrogen (secondary N) is 2. The number of ether oxygens (including phenoxy) is 1. The minimum Gasteiger partial charge on any atom is -0.385 e. The number of benzene rings is 2.